The number of unbranched alkanes of at least 4 members (excludes halogenated alkanes) is 1. The van der Waals surface area contributed by atoms with E-state index in [1.54, 1.807) is 0 Å². The van der Waals surface area contributed by atoms with Gasteiger partial charge < -0.3 is 18.3 Å². The number of fused-ring (bicyclic) bond motifs is 2. The highest BCUT2D eigenvalue weighted by Gasteiger charge is 2.36. The van der Waals surface area contributed by atoms with E-state index in [9.17, 15) is 0 Å². The molecule has 0 unspecified atom stereocenters. The standard InChI is InChI=1S/C48H61O4P/c1-14-15-16-49-41-29-17-31-23-38(46(5,6)7)25-33-19-35-27-40(48(11,12)13)28-36-20-34-26-39(47(8,9)10)24-32(18-30(41)22-37(21-29)45(2,3)4)43(34)51-53(50-42(31)33)52-44(35)36/h21-28H,14-20H2,1-13H3. The second kappa shape index (κ2) is 13.4. The lowest BCUT2D eigenvalue weighted by Crippen LogP contribution is -2.20. The zero-order chi connectivity index (χ0) is 38.2. The van der Waals surface area contributed by atoms with E-state index in [1.807, 2.05) is 0 Å². The number of hydrogen-bond donors (Lipinski definition) is 0. The minimum atomic E-state index is -1.83. The Bertz CT molecular complexity index is 1940. The smallest absolute Gasteiger partial charge is 0.493 e. The normalized spacial score (nSPS) is 15.6. The Balaban J connectivity index is 1.61. The van der Waals surface area contributed by atoms with E-state index in [0.29, 0.717) is 19.4 Å². The second-order valence-corrected chi connectivity index (χ2v) is 20.9. The van der Waals surface area contributed by atoms with Gasteiger partial charge in [0.2, 0.25) is 0 Å². The van der Waals surface area contributed by atoms with Gasteiger partial charge in [-0.2, -0.15) is 0 Å². The van der Waals surface area contributed by atoms with E-state index >= 15 is 0 Å². The largest absolute Gasteiger partial charge is 0.530 e. The first kappa shape index (κ1) is 37.8. The summed E-state index contributed by atoms with van der Waals surface area (Å²) in [5.41, 5.74) is 14.6. The third kappa shape index (κ3) is 7.60. The molecule has 5 heteroatoms. The topological polar surface area (TPSA) is 36.9 Å². The third-order valence-corrected chi connectivity index (χ3v) is 12.2. The molecular formula is C48H61O4P. The van der Waals surface area contributed by atoms with Crippen LogP contribution in [0.4, 0.5) is 0 Å². The van der Waals surface area contributed by atoms with Crippen molar-refractivity contribution >= 4 is 8.60 Å². The SMILES string of the molecule is CCCCOc1c2cc(C(C)(C)C)cc1Cc1cc(C(C)(C)C)cc3c1OP1Oc4c(cc(C(C)(C)C)cc4Cc4cc(C(C)(C)C)cc(c4O1)C3)C2. The molecule has 0 spiro atoms. The van der Waals surface area contributed by atoms with Crippen LogP contribution in [0.5, 0.6) is 23.0 Å². The van der Waals surface area contributed by atoms with Crippen molar-refractivity contribution in [3.05, 3.63) is 115 Å². The summed E-state index contributed by atoms with van der Waals surface area (Å²) in [4.78, 5) is 0. The summed E-state index contributed by atoms with van der Waals surface area (Å²) >= 11 is 0. The monoisotopic (exact) mass is 732 g/mol. The maximum Gasteiger partial charge on any atom is 0.530 e. The molecule has 0 atom stereocenters. The number of benzene rings is 4. The Morgan fingerprint density at radius 2 is 0.717 bits per heavy atom. The lowest BCUT2D eigenvalue weighted by molar-refractivity contribution is 0.303. The molecule has 6 bridgehead atoms. The number of ether oxygens (including phenoxy) is 1. The summed E-state index contributed by atoms with van der Waals surface area (Å²) in [6.07, 6.45) is 4.90. The van der Waals surface area contributed by atoms with Crippen molar-refractivity contribution in [2.75, 3.05) is 6.61 Å². The van der Waals surface area contributed by atoms with Gasteiger partial charge in [-0.1, -0.05) is 145 Å². The molecule has 0 amide bonds. The fourth-order valence-electron chi connectivity index (χ4n) is 7.76. The van der Waals surface area contributed by atoms with E-state index < -0.39 is 8.60 Å². The van der Waals surface area contributed by atoms with Crippen LogP contribution in [0.1, 0.15) is 170 Å². The maximum atomic E-state index is 7.14. The molecule has 0 saturated heterocycles. The van der Waals surface area contributed by atoms with Crippen molar-refractivity contribution in [2.45, 2.75) is 150 Å². The van der Waals surface area contributed by atoms with Crippen molar-refractivity contribution < 1.29 is 18.3 Å². The molecule has 3 heterocycles. The molecule has 0 aliphatic carbocycles. The maximum absolute atomic E-state index is 7.14. The van der Waals surface area contributed by atoms with Crippen molar-refractivity contribution in [3.8, 4) is 23.0 Å². The van der Waals surface area contributed by atoms with Crippen LogP contribution in [0.15, 0.2) is 48.5 Å². The van der Waals surface area contributed by atoms with Crippen LogP contribution in [0, 0.1) is 0 Å². The average Bonchev–Trinajstić information content (AvgIpc) is 3.01. The molecule has 0 N–H and O–H groups in total. The highest BCUT2D eigenvalue weighted by atomic mass is 31.2. The van der Waals surface area contributed by atoms with Crippen LogP contribution in [0.2, 0.25) is 0 Å². The Morgan fingerprint density at radius 1 is 0.453 bits per heavy atom. The molecule has 0 fully saturated rings. The molecule has 3 aliphatic rings. The lowest BCUT2D eigenvalue weighted by Gasteiger charge is -2.34. The molecule has 0 saturated carbocycles. The van der Waals surface area contributed by atoms with Crippen LogP contribution in [0.25, 0.3) is 0 Å². The minimum Gasteiger partial charge on any atom is -0.493 e. The van der Waals surface area contributed by atoms with Gasteiger partial charge in [0.15, 0.2) is 0 Å². The summed E-state index contributed by atoms with van der Waals surface area (Å²) in [7, 11) is -1.83. The quantitative estimate of drug-likeness (QED) is 0.136. The highest BCUT2D eigenvalue weighted by Crippen LogP contribution is 2.55. The van der Waals surface area contributed by atoms with E-state index in [4.69, 9.17) is 18.3 Å². The Kier molecular flexibility index (Phi) is 9.54. The zero-order valence-corrected chi connectivity index (χ0v) is 35.5. The van der Waals surface area contributed by atoms with Gasteiger partial charge in [0.1, 0.15) is 23.0 Å². The Labute approximate surface area is 321 Å². The van der Waals surface area contributed by atoms with Gasteiger partial charge in [-0.15, -0.1) is 0 Å². The van der Waals surface area contributed by atoms with Crippen LogP contribution in [-0.4, -0.2) is 6.61 Å². The second-order valence-electron chi connectivity index (χ2n) is 19.9. The molecule has 4 aromatic carbocycles. The Hall–Kier alpha value is -3.49. The number of hydrogen-bond acceptors (Lipinski definition) is 4. The van der Waals surface area contributed by atoms with E-state index in [-0.39, 0.29) is 21.7 Å². The predicted molar refractivity (Wildman–Crippen MR) is 221 cm³/mol. The zero-order valence-electron chi connectivity index (χ0n) is 34.6. The lowest BCUT2D eigenvalue weighted by atomic mass is 9.79. The van der Waals surface area contributed by atoms with Crippen LogP contribution >= 0.6 is 8.60 Å². The molecule has 4 nitrogen and oxygen atoms in total. The first-order valence-corrected chi connectivity index (χ1v) is 20.9. The molecule has 7 rings (SSSR count). The summed E-state index contributed by atoms with van der Waals surface area (Å²) in [6.45, 7) is 30.7. The van der Waals surface area contributed by atoms with Gasteiger partial charge in [-0.3, -0.25) is 0 Å². The van der Waals surface area contributed by atoms with Gasteiger partial charge in [-0.25, -0.2) is 0 Å². The minimum absolute atomic E-state index is 0.0288. The van der Waals surface area contributed by atoms with Crippen LogP contribution < -0.4 is 18.3 Å². The van der Waals surface area contributed by atoms with Crippen molar-refractivity contribution in [3.63, 3.8) is 0 Å². The van der Waals surface area contributed by atoms with Gasteiger partial charge in [0, 0.05) is 25.7 Å². The molecule has 0 aromatic heterocycles. The molecule has 3 aliphatic heterocycles. The first-order valence-electron chi connectivity index (χ1n) is 19.8. The summed E-state index contributed by atoms with van der Waals surface area (Å²) in [5, 5.41) is 0. The van der Waals surface area contributed by atoms with Crippen LogP contribution in [-0.2, 0) is 47.3 Å². The fraction of sp³-hybridized carbons (Fsp3) is 0.500. The third-order valence-electron chi connectivity index (χ3n) is 11.2. The molecule has 0 radical (unpaired) electrons. The number of rotatable bonds is 4. The van der Waals surface area contributed by atoms with E-state index in [2.05, 4.69) is 139 Å². The van der Waals surface area contributed by atoms with Gasteiger partial charge in [0.25, 0.3) is 0 Å². The van der Waals surface area contributed by atoms with Crippen LogP contribution in [0.3, 0.4) is 0 Å². The summed E-state index contributed by atoms with van der Waals surface area (Å²) in [6, 6.07) is 19.1. The Morgan fingerprint density at radius 3 is 0.981 bits per heavy atom. The van der Waals surface area contributed by atoms with Gasteiger partial charge in [-0.05, 0) is 94.8 Å². The summed E-state index contributed by atoms with van der Waals surface area (Å²) in [5.74, 6) is 3.70. The molecule has 53 heavy (non-hydrogen) atoms. The molecule has 4 aromatic rings. The van der Waals surface area contributed by atoms with Crippen molar-refractivity contribution in [1.29, 1.82) is 0 Å². The van der Waals surface area contributed by atoms with Gasteiger partial charge in [0.05, 0.1) is 6.61 Å². The predicted octanol–water partition coefficient (Wildman–Crippen LogP) is 13.1. The van der Waals surface area contributed by atoms with E-state index in [1.165, 1.54) is 55.6 Å². The first-order chi connectivity index (χ1) is 24.7. The molecule has 282 valence electrons. The molecular weight excluding hydrogens is 671 g/mol. The van der Waals surface area contributed by atoms with E-state index in [0.717, 1.165) is 59.8 Å². The fourth-order valence-corrected chi connectivity index (χ4v) is 9.02. The van der Waals surface area contributed by atoms with Crippen molar-refractivity contribution in [2.24, 2.45) is 0 Å². The summed E-state index contributed by atoms with van der Waals surface area (Å²) < 4.78 is 28.2. The average molecular weight is 733 g/mol. The van der Waals surface area contributed by atoms with Crippen molar-refractivity contribution in [1.82, 2.24) is 0 Å². The van der Waals surface area contributed by atoms with Gasteiger partial charge >= 0.3 is 8.60 Å². The highest BCUT2D eigenvalue weighted by molar-refractivity contribution is 7.43.